The standard InChI is InChI=1S/C20H26F3N3O4/c1-25-14(6-7-17(27)29-2)11-24-19(28)18-16(25)8-9-26(18)12-13-4-3-5-15(10-13)30-20(21,22)23/h3-5,10,14,16,18H,6-9,11-12H2,1-2H3,(H,24,28)/t14-,16+,18-/m0/s1. The highest BCUT2D eigenvalue weighted by Gasteiger charge is 2.45. The van der Waals surface area contributed by atoms with E-state index in [2.05, 4.69) is 15.0 Å². The van der Waals surface area contributed by atoms with Gasteiger partial charge in [0.25, 0.3) is 0 Å². The predicted molar refractivity (Wildman–Crippen MR) is 102 cm³/mol. The number of ether oxygens (including phenoxy) is 2. The molecule has 2 aliphatic rings. The summed E-state index contributed by atoms with van der Waals surface area (Å²) in [5.41, 5.74) is 0.638. The molecule has 1 N–H and O–H groups in total. The number of fused-ring (bicyclic) bond motifs is 1. The molecule has 10 heteroatoms. The van der Waals surface area contributed by atoms with E-state index in [1.807, 2.05) is 11.9 Å². The average Bonchev–Trinajstić information content (AvgIpc) is 3.04. The van der Waals surface area contributed by atoms with E-state index >= 15 is 0 Å². The zero-order valence-corrected chi connectivity index (χ0v) is 16.9. The van der Waals surface area contributed by atoms with Gasteiger partial charge in [0, 0.05) is 38.1 Å². The number of esters is 1. The third-order valence-electron chi connectivity index (χ3n) is 5.78. The monoisotopic (exact) mass is 429 g/mol. The highest BCUT2D eigenvalue weighted by atomic mass is 19.4. The number of hydrogen-bond acceptors (Lipinski definition) is 6. The lowest BCUT2D eigenvalue weighted by molar-refractivity contribution is -0.274. The number of carbonyl (C=O) groups is 2. The molecule has 0 spiro atoms. The second-order valence-corrected chi connectivity index (χ2v) is 7.65. The van der Waals surface area contributed by atoms with Crippen LogP contribution in [-0.2, 0) is 20.9 Å². The summed E-state index contributed by atoms with van der Waals surface area (Å²) in [5, 5.41) is 2.95. The van der Waals surface area contributed by atoms with E-state index in [0.717, 1.165) is 6.42 Å². The normalized spacial score (nSPS) is 25.4. The molecule has 0 aromatic heterocycles. The molecule has 1 amide bonds. The van der Waals surface area contributed by atoms with Gasteiger partial charge in [0.1, 0.15) is 11.8 Å². The summed E-state index contributed by atoms with van der Waals surface area (Å²) in [5.74, 6) is -0.668. The van der Waals surface area contributed by atoms with Crippen molar-refractivity contribution in [1.29, 1.82) is 0 Å². The minimum Gasteiger partial charge on any atom is -0.469 e. The van der Waals surface area contributed by atoms with Crippen molar-refractivity contribution in [2.75, 3.05) is 27.2 Å². The highest BCUT2D eigenvalue weighted by molar-refractivity contribution is 5.83. The SMILES string of the molecule is COC(=O)CC[C@H]1CNC(=O)[C@@H]2[C@@H](CCN2Cc2cccc(OC(F)(F)F)c2)N1C. The Bertz CT molecular complexity index is 774. The van der Waals surface area contributed by atoms with E-state index in [-0.39, 0.29) is 36.1 Å². The Kier molecular flexibility index (Phi) is 6.87. The van der Waals surface area contributed by atoms with E-state index in [9.17, 15) is 22.8 Å². The lowest BCUT2D eigenvalue weighted by atomic mass is 10.0. The van der Waals surface area contributed by atoms with E-state index in [4.69, 9.17) is 4.74 Å². The first-order chi connectivity index (χ1) is 14.2. The smallest absolute Gasteiger partial charge is 0.469 e. The second-order valence-electron chi connectivity index (χ2n) is 7.65. The molecule has 0 unspecified atom stereocenters. The van der Waals surface area contributed by atoms with Crippen LogP contribution in [0.4, 0.5) is 13.2 Å². The number of nitrogens with zero attached hydrogens (tertiary/aromatic N) is 2. The number of hydrogen-bond donors (Lipinski definition) is 1. The van der Waals surface area contributed by atoms with Gasteiger partial charge in [-0.2, -0.15) is 0 Å². The van der Waals surface area contributed by atoms with Crippen LogP contribution < -0.4 is 10.1 Å². The lowest BCUT2D eigenvalue weighted by Crippen LogP contribution is -2.49. The van der Waals surface area contributed by atoms with Crippen LogP contribution >= 0.6 is 0 Å². The van der Waals surface area contributed by atoms with Crippen LogP contribution in [0, 0.1) is 0 Å². The van der Waals surface area contributed by atoms with E-state index < -0.39 is 12.4 Å². The molecule has 0 radical (unpaired) electrons. The van der Waals surface area contributed by atoms with Crippen LogP contribution in [0.5, 0.6) is 5.75 Å². The fourth-order valence-corrected chi connectivity index (χ4v) is 4.29. The summed E-state index contributed by atoms with van der Waals surface area (Å²) in [6.07, 6.45) is -3.15. The van der Waals surface area contributed by atoms with E-state index in [1.54, 1.807) is 6.07 Å². The van der Waals surface area contributed by atoms with Crippen molar-refractivity contribution in [2.45, 2.75) is 50.3 Å². The highest BCUT2D eigenvalue weighted by Crippen LogP contribution is 2.30. The van der Waals surface area contributed by atoms with Gasteiger partial charge < -0.3 is 14.8 Å². The zero-order valence-electron chi connectivity index (χ0n) is 16.9. The Hall–Kier alpha value is -2.33. The Morgan fingerprint density at radius 3 is 2.80 bits per heavy atom. The quantitative estimate of drug-likeness (QED) is 0.697. The third-order valence-corrected chi connectivity index (χ3v) is 5.78. The van der Waals surface area contributed by atoms with Gasteiger partial charge in [0.2, 0.25) is 5.91 Å². The van der Waals surface area contributed by atoms with Gasteiger partial charge in [0.15, 0.2) is 0 Å². The summed E-state index contributed by atoms with van der Waals surface area (Å²) in [4.78, 5) is 28.4. The molecule has 0 bridgehead atoms. The number of nitrogens with one attached hydrogen (secondary N) is 1. The summed E-state index contributed by atoms with van der Waals surface area (Å²) >= 11 is 0. The second kappa shape index (κ2) is 9.22. The molecule has 30 heavy (non-hydrogen) atoms. The van der Waals surface area contributed by atoms with Crippen LogP contribution in [0.15, 0.2) is 24.3 Å². The van der Waals surface area contributed by atoms with Gasteiger partial charge in [-0.3, -0.25) is 19.4 Å². The number of amides is 1. The average molecular weight is 429 g/mol. The molecular weight excluding hydrogens is 403 g/mol. The zero-order chi connectivity index (χ0) is 21.9. The maximum Gasteiger partial charge on any atom is 0.573 e. The van der Waals surface area contributed by atoms with Crippen LogP contribution in [0.25, 0.3) is 0 Å². The van der Waals surface area contributed by atoms with Crippen molar-refractivity contribution in [3.8, 4) is 5.75 Å². The summed E-state index contributed by atoms with van der Waals surface area (Å²) < 4.78 is 46.2. The van der Waals surface area contributed by atoms with E-state index in [1.165, 1.54) is 25.3 Å². The minimum atomic E-state index is -4.75. The number of halogens is 3. The Morgan fingerprint density at radius 2 is 2.10 bits per heavy atom. The number of likely N-dealkylation sites (N-methyl/N-ethyl adjacent to an activating group) is 1. The number of alkyl halides is 3. The molecule has 166 valence electrons. The topological polar surface area (TPSA) is 71.1 Å². The third kappa shape index (κ3) is 5.42. The summed E-state index contributed by atoms with van der Waals surface area (Å²) in [6.45, 7) is 1.41. The first-order valence-electron chi connectivity index (χ1n) is 9.83. The van der Waals surface area contributed by atoms with Crippen molar-refractivity contribution < 1.29 is 32.2 Å². The van der Waals surface area contributed by atoms with E-state index in [0.29, 0.717) is 31.6 Å². The molecule has 2 saturated heterocycles. The molecule has 0 aliphatic carbocycles. The molecule has 2 aliphatic heterocycles. The largest absolute Gasteiger partial charge is 0.573 e. The molecular formula is C20H26F3N3O4. The molecule has 3 rings (SSSR count). The summed E-state index contributed by atoms with van der Waals surface area (Å²) in [6, 6.07) is 5.38. The Morgan fingerprint density at radius 1 is 1.33 bits per heavy atom. The summed E-state index contributed by atoms with van der Waals surface area (Å²) in [7, 11) is 3.29. The van der Waals surface area contributed by atoms with Crippen LogP contribution in [0.1, 0.15) is 24.8 Å². The number of carbonyl (C=O) groups excluding carboxylic acids is 2. The van der Waals surface area contributed by atoms with Crippen molar-refractivity contribution in [1.82, 2.24) is 15.1 Å². The molecule has 2 fully saturated rings. The van der Waals surface area contributed by atoms with Gasteiger partial charge in [0.05, 0.1) is 7.11 Å². The molecule has 0 saturated carbocycles. The maximum absolute atomic E-state index is 12.8. The predicted octanol–water partition coefficient (Wildman–Crippen LogP) is 1.91. The number of benzene rings is 1. The maximum atomic E-state index is 12.8. The molecule has 7 nitrogen and oxygen atoms in total. The van der Waals surface area contributed by atoms with Gasteiger partial charge in [-0.05, 0) is 37.6 Å². The molecule has 1 aromatic rings. The Labute approximate surface area is 173 Å². The van der Waals surface area contributed by atoms with Crippen LogP contribution in [0.3, 0.4) is 0 Å². The first-order valence-corrected chi connectivity index (χ1v) is 9.83. The number of rotatable bonds is 6. The van der Waals surface area contributed by atoms with Crippen molar-refractivity contribution in [3.63, 3.8) is 0 Å². The fourth-order valence-electron chi connectivity index (χ4n) is 4.29. The lowest BCUT2D eigenvalue weighted by Gasteiger charge is -2.33. The fraction of sp³-hybridized carbons (Fsp3) is 0.600. The number of methoxy groups -OCH3 is 1. The van der Waals surface area contributed by atoms with Gasteiger partial charge in [-0.15, -0.1) is 13.2 Å². The Balaban J connectivity index is 1.69. The van der Waals surface area contributed by atoms with Crippen molar-refractivity contribution >= 4 is 11.9 Å². The van der Waals surface area contributed by atoms with Crippen molar-refractivity contribution in [3.05, 3.63) is 29.8 Å². The van der Waals surface area contributed by atoms with Gasteiger partial charge in [-0.1, -0.05) is 12.1 Å². The van der Waals surface area contributed by atoms with Crippen LogP contribution in [-0.4, -0.2) is 73.4 Å². The molecule has 1 aromatic carbocycles. The van der Waals surface area contributed by atoms with Gasteiger partial charge in [-0.25, -0.2) is 0 Å². The number of likely N-dealkylation sites (tertiary alicyclic amines) is 1. The van der Waals surface area contributed by atoms with Gasteiger partial charge >= 0.3 is 12.3 Å². The van der Waals surface area contributed by atoms with Crippen LogP contribution in [0.2, 0.25) is 0 Å². The minimum absolute atomic E-state index is 0.00603. The van der Waals surface area contributed by atoms with Crippen molar-refractivity contribution in [2.24, 2.45) is 0 Å². The molecule has 2 heterocycles. The first kappa shape index (κ1) is 22.4. The molecule has 3 atom stereocenters.